The van der Waals surface area contributed by atoms with Gasteiger partial charge < -0.3 is 14.8 Å². The summed E-state index contributed by atoms with van der Waals surface area (Å²) in [6.07, 6.45) is 0.250. The van der Waals surface area contributed by atoms with Crippen molar-refractivity contribution in [2.24, 2.45) is 0 Å². The molecule has 0 aliphatic rings. The van der Waals surface area contributed by atoms with E-state index in [-0.39, 0.29) is 12.2 Å². The summed E-state index contributed by atoms with van der Waals surface area (Å²) in [6, 6.07) is 5.53. The van der Waals surface area contributed by atoms with Crippen molar-refractivity contribution in [1.29, 1.82) is 0 Å². The molecule has 0 radical (unpaired) electrons. The molecule has 0 bridgehead atoms. The molecule has 0 aliphatic heterocycles. The van der Waals surface area contributed by atoms with Crippen molar-refractivity contribution in [3.05, 3.63) is 54.4 Å². The van der Waals surface area contributed by atoms with Crippen molar-refractivity contribution in [2.45, 2.75) is 6.42 Å². The number of rotatable bonds is 3. The number of hydrogen-bond donors (Lipinski definition) is 2. The van der Waals surface area contributed by atoms with Crippen LogP contribution in [-0.4, -0.2) is 28.2 Å². The van der Waals surface area contributed by atoms with Crippen LogP contribution in [0.3, 0.4) is 0 Å². The summed E-state index contributed by atoms with van der Waals surface area (Å²) in [6.45, 7) is 0. The maximum atomic E-state index is 11.8. The van der Waals surface area contributed by atoms with Crippen LogP contribution in [0, 0.1) is 0 Å². The Morgan fingerprint density at radius 1 is 1.50 bits per heavy atom. The molecule has 2 N–H and O–H groups in total. The molecule has 2 aromatic heterocycles. The van der Waals surface area contributed by atoms with E-state index in [0.29, 0.717) is 5.02 Å². The molecule has 0 amide bonds. The summed E-state index contributed by atoms with van der Waals surface area (Å²) < 4.78 is 6.43. The van der Waals surface area contributed by atoms with E-state index in [0.717, 1.165) is 26.5 Å². The number of esters is 1. The number of thiophene rings is 1. The maximum Gasteiger partial charge on any atom is 0.360 e. The number of aromatic hydroxyl groups is 1. The Hall–Kier alpha value is -1.90. The molecule has 2 heterocycles. The largest absolute Gasteiger partial charge is 0.501 e. The first kappa shape index (κ1) is 16.9. The lowest BCUT2D eigenvalue weighted by molar-refractivity contribution is 0.0589. The highest BCUT2D eigenvalue weighted by Gasteiger charge is 2.20. The lowest BCUT2D eigenvalue weighted by Gasteiger charge is -2.05. The monoisotopic (exact) mass is 428 g/mol. The third-order valence-corrected chi connectivity index (χ3v) is 5.57. The molecule has 0 saturated carbocycles. The van der Waals surface area contributed by atoms with Crippen LogP contribution >= 0.6 is 38.9 Å². The van der Waals surface area contributed by atoms with Gasteiger partial charge in [-0.3, -0.25) is 4.79 Å². The number of fused-ring (bicyclic) bond motifs is 1. The van der Waals surface area contributed by atoms with E-state index in [9.17, 15) is 14.7 Å². The minimum atomic E-state index is -0.878. The standard InChI is InChI=1S/C15H10BrClN2O4S/c1-23-15(22)11-12(20)14(21)19-10(18-11)5-8-7-4-6(17)2-3-9(7)24-13(8)16/h2-4,20H,5H2,1H3,(H,18,19,21). The van der Waals surface area contributed by atoms with E-state index < -0.39 is 23.0 Å². The minimum absolute atomic E-state index is 0.235. The van der Waals surface area contributed by atoms with E-state index in [1.54, 1.807) is 6.07 Å². The zero-order valence-electron chi connectivity index (χ0n) is 12.2. The summed E-state index contributed by atoms with van der Waals surface area (Å²) in [4.78, 5) is 30.0. The predicted molar refractivity (Wildman–Crippen MR) is 95.2 cm³/mol. The number of nitrogens with one attached hydrogen (secondary N) is 1. The molecular formula is C15H10BrClN2O4S. The second-order valence-electron chi connectivity index (χ2n) is 4.87. The van der Waals surface area contributed by atoms with E-state index in [1.807, 2.05) is 12.1 Å². The van der Waals surface area contributed by atoms with Crippen LogP contribution in [0.25, 0.3) is 10.1 Å². The summed E-state index contributed by atoms with van der Waals surface area (Å²) >= 11 is 11.1. The highest BCUT2D eigenvalue weighted by atomic mass is 79.9. The minimum Gasteiger partial charge on any atom is -0.501 e. The molecule has 124 valence electrons. The molecule has 0 spiro atoms. The van der Waals surface area contributed by atoms with E-state index >= 15 is 0 Å². The van der Waals surface area contributed by atoms with E-state index in [1.165, 1.54) is 11.3 Å². The predicted octanol–water partition coefficient (Wildman–Crippen LogP) is 3.48. The van der Waals surface area contributed by atoms with Crippen LogP contribution in [-0.2, 0) is 11.2 Å². The van der Waals surface area contributed by atoms with Crippen LogP contribution in [0.5, 0.6) is 5.75 Å². The van der Waals surface area contributed by atoms with Gasteiger partial charge in [-0.15, -0.1) is 11.3 Å². The Morgan fingerprint density at radius 3 is 2.96 bits per heavy atom. The molecule has 1 aromatic carbocycles. The summed E-state index contributed by atoms with van der Waals surface area (Å²) in [7, 11) is 1.15. The molecule has 0 unspecified atom stereocenters. The highest BCUT2D eigenvalue weighted by molar-refractivity contribution is 9.11. The smallest absolute Gasteiger partial charge is 0.360 e. The SMILES string of the molecule is COC(=O)c1nc(Cc2c(Br)sc3ccc(Cl)cc23)[nH]c(=O)c1O. The molecule has 24 heavy (non-hydrogen) atoms. The molecular weight excluding hydrogens is 420 g/mol. The molecule has 0 fully saturated rings. The number of methoxy groups -OCH3 is 1. The summed E-state index contributed by atoms with van der Waals surface area (Å²) in [5, 5.41) is 11.2. The number of aromatic nitrogens is 2. The van der Waals surface area contributed by atoms with Gasteiger partial charge in [-0.25, -0.2) is 9.78 Å². The highest BCUT2D eigenvalue weighted by Crippen LogP contribution is 2.37. The fourth-order valence-electron chi connectivity index (χ4n) is 2.26. The number of carbonyl (C=O) groups excluding carboxylic acids is 1. The number of carbonyl (C=O) groups is 1. The number of ether oxygens (including phenoxy) is 1. The average Bonchev–Trinajstić information content (AvgIpc) is 2.85. The molecule has 9 heteroatoms. The zero-order valence-corrected chi connectivity index (χ0v) is 15.4. The third kappa shape index (κ3) is 3.04. The molecule has 6 nitrogen and oxygen atoms in total. The van der Waals surface area contributed by atoms with E-state index in [2.05, 4.69) is 30.6 Å². The fraction of sp³-hybridized carbons (Fsp3) is 0.133. The normalized spacial score (nSPS) is 11.0. The van der Waals surface area contributed by atoms with Gasteiger partial charge in [0.15, 0.2) is 5.69 Å². The van der Waals surface area contributed by atoms with Crippen LogP contribution in [0.4, 0.5) is 0 Å². The van der Waals surface area contributed by atoms with Crippen LogP contribution in [0.2, 0.25) is 5.02 Å². The average molecular weight is 430 g/mol. The van der Waals surface area contributed by atoms with Crippen molar-refractivity contribution in [1.82, 2.24) is 9.97 Å². The first-order valence-electron chi connectivity index (χ1n) is 6.67. The number of benzene rings is 1. The molecule has 3 rings (SSSR count). The summed E-state index contributed by atoms with van der Waals surface area (Å²) in [5.74, 6) is -1.40. The van der Waals surface area contributed by atoms with Gasteiger partial charge in [0.25, 0.3) is 5.56 Å². The lowest BCUT2D eigenvalue weighted by Crippen LogP contribution is -2.18. The van der Waals surface area contributed by atoms with Gasteiger partial charge in [0.2, 0.25) is 5.75 Å². The van der Waals surface area contributed by atoms with Crippen molar-refractivity contribution < 1.29 is 14.6 Å². The fourth-order valence-corrected chi connectivity index (χ4v) is 4.24. The van der Waals surface area contributed by atoms with Gasteiger partial charge in [-0.05, 0) is 45.1 Å². The Labute approximate surface area is 153 Å². The van der Waals surface area contributed by atoms with Gasteiger partial charge in [0, 0.05) is 16.1 Å². The van der Waals surface area contributed by atoms with E-state index in [4.69, 9.17) is 11.6 Å². The summed E-state index contributed by atoms with van der Waals surface area (Å²) in [5.41, 5.74) is -0.332. The number of halogens is 2. The number of aromatic amines is 1. The first-order valence-corrected chi connectivity index (χ1v) is 8.66. The molecule has 0 saturated heterocycles. The number of hydrogen-bond acceptors (Lipinski definition) is 6. The van der Waals surface area contributed by atoms with Crippen molar-refractivity contribution in [3.63, 3.8) is 0 Å². The third-order valence-electron chi connectivity index (χ3n) is 3.37. The Balaban J connectivity index is 2.11. The molecule has 0 atom stereocenters. The quantitative estimate of drug-likeness (QED) is 0.622. The second-order valence-corrected chi connectivity index (χ2v) is 7.68. The lowest BCUT2D eigenvalue weighted by atomic mass is 10.1. The van der Waals surface area contributed by atoms with Gasteiger partial charge >= 0.3 is 5.97 Å². The van der Waals surface area contributed by atoms with Crippen molar-refractivity contribution in [3.8, 4) is 5.75 Å². The maximum absolute atomic E-state index is 11.8. The second kappa shape index (κ2) is 6.54. The van der Waals surface area contributed by atoms with Gasteiger partial charge in [0.05, 0.1) is 10.9 Å². The van der Waals surface area contributed by atoms with Crippen LogP contribution < -0.4 is 5.56 Å². The van der Waals surface area contributed by atoms with Gasteiger partial charge in [0.1, 0.15) is 5.82 Å². The van der Waals surface area contributed by atoms with Gasteiger partial charge in [-0.1, -0.05) is 11.6 Å². The Morgan fingerprint density at radius 2 is 2.25 bits per heavy atom. The van der Waals surface area contributed by atoms with Gasteiger partial charge in [-0.2, -0.15) is 0 Å². The first-order chi connectivity index (χ1) is 11.4. The van der Waals surface area contributed by atoms with Crippen LogP contribution in [0.1, 0.15) is 21.9 Å². The topological polar surface area (TPSA) is 92.3 Å². The number of nitrogens with zero attached hydrogens (tertiary/aromatic N) is 1. The number of H-pyrrole nitrogens is 1. The van der Waals surface area contributed by atoms with Crippen LogP contribution in [0.15, 0.2) is 26.8 Å². The Kier molecular flexibility index (Phi) is 4.62. The molecule has 0 aliphatic carbocycles. The molecule has 3 aromatic rings. The Bertz CT molecular complexity index is 1010. The van der Waals surface area contributed by atoms with Crippen molar-refractivity contribution in [2.75, 3.05) is 7.11 Å². The van der Waals surface area contributed by atoms with Crippen molar-refractivity contribution >= 4 is 54.9 Å². The zero-order chi connectivity index (χ0) is 17.4.